The molecule has 5 nitrogen and oxygen atoms in total. The molecular weight excluding hydrogens is 237 g/mol. The maximum atomic E-state index is 13.7. The summed E-state index contributed by atoms with van der Waals surface area (Å²) in [6.07, 6.45) is 2.20. The van der Waals surface area contributed by atoms with E-state index in [2.05, 4.69) is 10.6 Å². The van der Waals surface area contributed by atoms with Gasteiger partial charge in [0.25, 0.3) is 5.69 Å². The Morgan fingerprint density at radius 3 is 3.00 bits per heavy atom. The Hall–Kier alpha value is -1.69. The van der Waals surface area contributed by atoms with E-state index in [1.54, 1.807) is 6.92 Å². The number of hydrogen-bond acceptors (Lipinski definition) is 4. The fraction of sp³-hybridized carbons (Fsp3) is 0.500. The molecule has 1 aromatic rings. The van der Waals surface area contributed by atoms with Crippen molar-refractivity contribution in [2.45, 2.75) is 25.8 Å². The molecule has 0 spiro atoms. The van der Waals surface area contributed by atoms with E-state index >= 15 is 0 Å². The van der Waals surface area contributed by atoms with E-state index in [0.717, 1.165) is 25.5 Å². The summed E-state index contributed by atoms with van der Waals surface area (Å²) in [6.45, 7) is 3.23. The molecule has 1 atom stereocenters. The molecule has 0 aliphatic carbocycles. The summed E-state index contributed by atoms with van der Waals surface area (Å²) in [5, 5.41) is 17.0. The van der Waals surface area contributed by atoms with Crippen molar-refractivity contribution in [2.75, 3.05) is 18.4 Å². The average Bonchev–Trinajstić information content (AvgIpc) is 2.82. The van der Waals surface area contributed by atoms with Crippen LogP contribution < -0.4 is 10.6 Å². The minimum Gasteiger partial charge on any atom is -0.381 e. The molecule has 0 amide bonds. The average molecular weight is 253 g/mol. The first-order valence-electron chi connectivity index (χ1n) is 5.99. The Morgan fingerprint density at radius 2 is 2.39 bits per heavy atom. The van der Waals surface area contributed by atoms with Crippen molar-refractivity contribution in [3.8, 4) is 0 Å². The second-order valence-corrected chi connectivity index (χ2v) is 4.55. The van der Waals surface area contributed by atoms with Crippen molar-refractivity contribution < 1.29 is 9.31 Å². The molecule has 1 fully saturated rings. The topological polar surface area (TPSA) is 67.2 Å². The van der Waals surface area contributed by atoms with E-state index in [1.165, 1.54) is 6.07 Å². The fourth-order valence-corrected chi connectivity index (χ4v) is 2.17. The standard InChI is InChI=1S/C12H16FN3O2/c1-8-5-11(10(13)6-12(8)16(17)18)15-7-9-3-2-4-14-9/h5-6,9,14-15H,2-4,7H2,1H3. The summed E-state index contributed by atoms with van der Waals surface area (Å²) in [6, 6.07) is 2.81. The smallest absolute Gasteiger partial charge is 0.275 e. The van der Waals surface area contributed by atoms with Crippen LogP contribution in [0.15, 0.2) is 12.1 Å². The Bertz CT molecular complexity index is 459. The highest BCUT2D eigenvalue weighted by Gasteiger charge is 2.17. The zero-order valence-corrected chi connectivity index (χ0v) is 10.2. The number of benzene rings is 1. The SMILES string of the molecule is Cc1cc(NCC2CCCN2)c(F)cc1[N+](=O)[O-]. The highest BCUT2D eigenvalue weighted by atomic mass is 19.1. The number of hydrogen-bond donors (Lipinski definition) is 2. The molecule has 18 heavy (non-hydrogen) atoms. The van der Waals surface area contributed by atoms with E-state index in [9.17, 15) is 14.5 Å². The second-order valence-electron chi connectivity index (χ2n) is 4.55. The Morgan fingerprint density at radius 1 is 1.61 bits per heavy atom. The molecule has 1 aliphatic heterocycles. The first-order chi connectivity index (χ1) is 8.58. The normalized spacial score (nSPS) is 18.9. The molecule has 1 aliphatic rings. The third-order valence-electron chi connectivity index (χ3n) is 3.18. The molecule has 0 saturated carbocycles. The van der Waals surface area contributed by atoms with Gasteiger partial charge < -0.3 is 10.6 Å². The van der Waals surface area contributed by atoms with Crippen molar-refractivity contribution >= 4 is 11.4 Å². The van der Waals surface area contributed by atoms with Gasteiger partial charge in [-0.1, -0.05) is 0 Å². The third kappa shape index (κ3) is 2.76. The van der Waals surface area contributed by atoms with E-state index in [1.807, 2.05) is 0 Å². The van der Waals surface area contributed by atoms with Crippen LogP contribution in [-0.2, 0) is 0 Å². The molecule has 0 aromatic heterocycles. The lowest BCUT2D eigenvalue weighted by Crippen LogP contribution is -2.29. The number of anilines is 1. The lowest BCUT2D eigenvalue weighted by Gasteiger charge is -2.13. The van der Waals surface area contributed by atoms with E-state index < -0.39 is 10.7 Å². The van der Waals surface area contributed by atoms with Gasteiger partial charge in [0.2, 0.25) is 0 Å². The van der Waals surface area contributed by atoms with Gasteiger partial charge >= 0.3 is 0 Å². The van der Waals surface area contributed by atoms with Gasteiger partial charge in [-0.3, -0.25) is 10.1 Å². The summed E-state index contributed by atoms with van der Waals surface area (Å²) < 4.78 is 13.7. The number of nitro benzene ring substituents is 1. The first kappa shape index (κ1) is 12.8. The van der Waals surface area contributed by atoms with Crippen LogP contribution in [0.4, 0.5) is 15.8 Å². The van der Waals surface area contributed by atoms with Crippen LogP contribution in [0.5, 0.6) is 0 Å². The summed E-state index contributed by atoms with van der Waals surface area (Å²) >= 11 is 0. The number of nitrogens with one attached hydrogen (secondary N) is 2. The lowest BCUT2D eigenvalue weighted by atomic mass is 10.1. The van der Waals surface area contributed by atoms with Crippen LogP contribution >= 0.6 is 0 Å². The highest BCUT2D eigenvalue weighted by Crippen LogP contribution is 2.25. The van der Waals surface area contributed by atoms with Gasteiger partial charge in [-0.15, -0.1) is 0 Å². The molecule has 2 N–H and O–H groups in total. The number of rotatable bonds is 4. The van der Waals surface area contributed by atoms with Crippen LogP contribution in [0.1, 0.15) is 18.4 Å². The minimum atomic E-state index is -0.578. The van der Waals surface area contributed by atoms with Crippen LogP contribution in [0.2, 0.25) is 0 Å². The highest BCUT2D eigenvalue weighted by molar-refractivity contribution is 5.54. The molecule has 1 unspecified atom stereocenters. The fourth-order valence-electron chi connectivity index (χ4n) is 2.17. The Labute approximate surface area is 105 Å². The van der Waals surface area contributed by atoms with Gasteiger partial charge in [-0.05, 0) is 32.4 Å². The van der Waals surface area contributed by atoms with Crippen molar-refractivity contribution in [2.24, 2.45) is 0 Å². The molecule has 1 heterocycles. The van der Waals surface area contributed by atoms with Gasteiger partial charge in [0.05, 0.1) is 16.7 Å². The van der Waals surface area contributed by atoms with Gasteiger partial charge in [0.1, 0.15) is 0 Å². The van der Waals surface area contributed by atoms with Gasteiger partial charge in [-0.25, -0.2) is 4.39 Å². The predicted octanol–water partition coefficient (Wildman–Crippen LogP) is 2.21. The first-order valence-corrected chi connectivity index (χ1v) is 5.99. The molecule has 98 valence electrons. The van der Waals surface area contributed by atoms with Crippen molar-refractivity contribution in [3.05, 3.63) is 33.6 Å². The monoisotopic (exact) mass is 253 g/mol. The van der Waals surface area contributed by atoms with Crippen molar-refractivity contribution in [1.82, 2.24) is 5.32 Å². The van der Waals surface area contributed by atoms with Gasteiger partial charge in [0, 0.05) is 18.2 Å². The summed E-state index contributed by atoms with van der Waals surface area (Å²) in [5.41, 5.74) is 0.604. The van der Waals surface area contributed by atoms with E-state index in [4.69, 9.17) is 0 Å². The zero-order chi connectivity index (χ0) is 13.1. The van der Waals surface area contributed by atoms with Crippen LogP contribution in [0.3, 0.4) is 0 Å². The lowest BCUT2D eigenvalue weighted by molar-refractivity contribution is -0.385. The molecule has 1 aromatic carbocycles. The summed E-state index contributed by atoms with van der Waals surface area (Å²) in [5.74, 6) is -0.578. The molecule has 6 heteroatoms. The van der Waals surface area contributed by atoms with Crippen LogP contribution in [0.25, 0.3) is 0 Å². The molecule has 1 saturated heterocycles. The quantitative estimate of drug-likeness (QED) is 0.637. The largest absolute Gasteiger partial charge is 0.381 e. The zero-order valence-electron chi connectivity index (χ0n) is 10.2. The Kier molecular flexibility index (Phi) is 3.76. The maximum Gasteiger partial charge on any atom is 0.275 e. The van der Waals surface area contributed by atoms with Crippen LogP contribution in [0, 0.1) is 22.9 Å². The number of halogens is 1. The molecule has 0 radical (unpaired) electrons. The minimum absolute atomic E-state index is 0.183. The second kappa shape index (κ2) is 5.30. The van der Waals surface area contributed by atoms with Crippen LogP contribution in [-0.4, -0.2) is 24.1 Å². The summed E-state index contributed by atoms with van der Waals surface area (Å²) in [7, 11) is 0. The van der Waals surface area contributed by atoms with Gasteiger partial charge in [0.15, 0.2) is 5.82 Å². The van der Waals surface area contributed by atoms with E-state index in [-0.39, 0.29) is 5.69 Å². The summed E-state index contributed by atoms with van der Waals surface area (Å²) in [4.78, 5) is 10.1. The third-order valence-corrected chi connectivity index (χ3v) is 3.18. The van der Waals surface area contributed by atoms with Gasteiger partial charge in [-0.2, -0.15) is 0 Å². The predicted molar refractivity (Wildman–Crippen MR) is 67.3 cm³/mol. The molecular formula is C12H16FN3O2. The van der Waals surface area contributed by atoms with Crippen molar-refractivity contribution in [1.29, 1.82) is 0 Å². The number of nitro groups is 1. The molecule has 2 rings (SSSR count). The van der Waals surface area contributed by atoms with E-state index in [0.29, 0.717) is 23.8 Å². The number of nitrogens with zero attached hydrogens (tertiary/aromatic N) is 1. The molecule has 0 bridgehead atoms. The maximum absolute atomic E-state index is 13.7. The number of aryl methyl sites for hydroxylation is 1. The van der Waals surface area contributed by atoms with Crippen molar-refractivity contribution in [3.63, 3.8) is 0 Å². The Balaban J connectivity index is 2.08.